The highest BCUT2D eigenvalue weighted by Gasteiger charge is 2.14. The van der Waals surface area contributed by atoms with Crippen LogP contribution in [0.25, 0.3) is 22.0 Å². The van der Waals surface area contributed by atoms with Crippen LogP contribution < -0.4 is 5.43 Å². The lowest BCUT2D eigenvalue weighted by atomic mass is 9.98. The summed E-state index contributed by atoms with van der Waals surface area (Å²) in [5.41, 5.74) is 3.29. The Bertz CT molecular complexity index is 856. The van der Waals surface area contributed by atoms with Crippen molar-refractivity contribution in [3.05, 3.63) is 68.9 Å². The molecule has 0 atom stereocenters. The van der Waals surface area contributed by atoms with E-state index >= 15 is 0 Å². The summed E-state index contributed by atoms with van der Waals surface area (Å²) in [6.07, 6.45) is 1.25. The van der Waals surface area contributed by atoms with Gasteiger partial charge in [0.1, 0.15) is 0 Å². The molecular formula is C18H16BrNO2. The van der Waals surface area contributed by atoms with Crippen LogP contribution in [0.2, 0.25) is 0 Å². The molecule has 0 saturated carbocycles. The van der Waals surface area contributed by atoms with E-state index in [9.17, 15) is 4.79 Å². The van der Waals surface area contributed by atoms with Gasteiger partial charge in [-0.3, -0.25) is 4.79 Å². The molecular weight excluding hydrogens is 342 g/mol. The van der Waals surface area contributed by atoms with Crippen LogP contribution in [-0.4, -0.2) is 16.7 Å². The number of aryl methyl sites for hydroxylation is 1. The molecule has 4 heteroatoms. The first-order chi connectivity index (χ1) is 10.7. The highest BCUT2D eigenvalue weighted by molar-refractivity contribution is 9.10. The van der Waals surface area contributed by atoms with E-state index in [1.807, 2.05) is 48.5 Å². The van der Waals surface area contributed by atoms with Crippen LogP contribution in [0.5, 0.6) is 0 Å². The molecule has 0 radical (unpaired) electrons. The Balaban J connectivity index is 2.33. The summed E-state index contributed by atoms with van der Waals surface area (Å²) in [6.45, 7) is 0.101. The highest BCUT2D eigenvalue weighted by Crippen LogP contribution is 2.26. The van der Waals surface area contributed by atoms with E-state index in [-0.39, 0.29) is 12.0 Å². The molecule has 2 aromatic carbocycles. The number of H-pyrrole nitrogens is 1. The number of nitrogens with one attached hydrogen (secondary N) is 1. The number of halogens is 1. The number of hydrogen-bond acceptors (Lipinski definition) is 2. The molecule has 0 unspecified atom stereocenters. The highest BCUT2D eigenvalue weighted by atomic mass is 79.9. The van der Waals surface area contributed by atoms with Gasteiger partial charge in [-0.1, -0.05) is 36.4 Å². The van der Waals surface area contributed by atoms with Crippen LogP contribution in [0, 0.1) is 0 Å². The fraction of sp³-hybridized carbons (Fsp3) is 0.167. The number of aromatic nitrogens is 1. The van der Waals surface area contributed by atoms with Gasteiger partial charge in [0.25, 0.3) is 0 Å². The summed E-state index contributed by atoms with van der Waals surface area (Å²) in [6, 6.07) is 15.3. The standard InChI is InChI=1S/C18H16BrNO2/c19-14-9-4-8-13-17(14)20-15(10-5-11-21)16(18(13)22)12-6-2-1-3-7-12/h1-4,6-9,21H,5,10-11H2,(H,20,22). The molecule has 22 heavy (non-hydrogen) atoms. The third-order valence-corrected chi connectivity index (χ3v) is 4.37. The van der Waals surface area contributed by atoms with E-state index in [4.69, 9.17) is 5.11 Å². The summed E-state index contributed by atoms with van der Waals surface area (Å²) in [7, 11) is 0. The van der Waals surface area contributed by atoms with Crippen LogP contribution in [-0.2, 0) is 6.42 Å². The minimum atomic E-state index is 0.0224. The van der Waals surface area contributed by atoms with E-state index in [0.29, 0.717) is 23.8 Å². The largest absolute Gasteiger partial charge is 0.396 e. The molecule has 0 aliphatic heterocycles. The fourth-order valence-corrected chi connectivity index (χ4v) is 3.14. The van der Waals surface area contributed by atoms with Crippen molar-refractivity contribution in [3.8, 4) is 11.1 Å². The van der Waals surface area contributed by atoms with Crippen molar-refractivity contribution in [3.63, 3.8) is 0 Å². The van der Waals surface area contributed by atoms with Crippen LogP contribution in [0.1, 0.15) is 12.1 Å². The zero-order valence-corrected chi connectivity index (χ0v) is 13.6. The Hall–Kier alpha value is -1.91. The lowest BCUT2D eigenvalue weighted by molar-refractivity contribution is 0.288. The predicted molar refractivity (Wildman–Crippen MR) is 93.1 cm³/mol. The van der Waals surface area contributed by atoms with Crippen LogP contribution in [0.4, 0.5) is 0 Å². The lowest BCUT2D eigenvalue weighted by Gasteiger charge is -2.12. The third kappa shape index (κ3) is 2.72. The smallest absolute Gasteiger partial charge is 0.197 e. The number of aliphatic hydroxyl groups is 1. The monoisotopic (exact) mass is 357 g/mol. The van der Waals surface area contributed by atoms with Gasteiger partial charge in [0.2, 0.25) is 0 Å². The maximum absolute atomic E-state index is 13.0. The summed E-state index contributed by atoms with van der Waals surface area (Å²) in [5.74, 6) is 0. The second-order valence-corrected chi connectivity index (χ2v) is 6.02. The van der Waals surface area contributed by atoms with Crippen molar-refractivity contribution < 1.29 is 5.11 Å². The van der Waals surface area contributed by atoms with Gasteiger partial charge in [0, 0.05) is 27.7 Å². The van der Waals surface area contributed by atoms with Crippen molar-refractivity contribution in [1.29, 1.82) is 0 Å². The summed E-state index contributed by atoms with van der Waals surface area (Å²) < 4.78 is 0.868. The number of aliphatic hydroxyl groups excluding tert-OH is 1. The van der Waals surface area contributed by atoms with Crippen molar-refractivity contribution in [2.45, 2.75) is 12.8 Å². The van der Waals surface area contributed by atoms with Crippen LogP contribution in [0.15, 0.2) is 57.8 Å². The summed E-state index contributed by atoms with van der Waals surface area (Å²) in [4.78, 5) is 16.3. The molecule has 3 nitrogen and oxygen atoms in total. The number of pyridine rings is 1. The van der Waals surface area contributed by atoms with Gasteiger partial charge in [-0.05, 0) is 46.5 Å². The fourth-order valence-electron chi connectivity index (χ4n) is 2.68. The number of benzene rings is 2. The molecule has 0 saturated heterocycles. The first-order valence-electron chi connectivity index (χ1n) is 7.22. The van der Waals surface area contributed by atoms with Gasteiger partial charge < -0.3 is 10.1 Å². The molecule has 1 aromatic heterocycles. The van der Waals surface area contributed by atoms with Crippen molar-refractivity contribution in [2.24, 2.45) is 0 Å². The molecule has 0 spiro atoms. The van der Waals surface area contributed by atoms with Gasteiger partial charge in [-0.2, -0.15) is 0 Å². The second-order valence-electron chi connectivity index (χ2n) is 5.16. The normalized spacial score (nSPS) is 11.0. The summed E-state index contributed by atoms with van der Waals surface area (Å²) in [5, 5.41) is 9.79. The number of para-hydroxylation sites is 1. The zero-order valence-electron chi connectivity index (χ0n) is 12.0. The summed E-state index contributed by atoms with van der Waals surface area (Å²) >= 11 is 3.49. The van der Waals surface area contributed by atoms with E-state index < -0.39 is 0 Å². The maximum Gasteiger partial charge on any atom is 0.197 e. The molecule has 0 aliphatic carbocycles. The maximum atomic E-state index is 13.0. The molecule has 0 fully saturated rings. The van der Waals surface area contributed by atoms with Gasteiger partial charge in [-0.25, -0.2) is 0 Å². The second kappa shape index (κ2) is 6.46. The van der Waals surface area contributed by atoms with E-state index in [2.05, 4.69) is 20.9 Å². The Morgan fingerprint density at radius 1 is 1.05 bits per heavy atom. The van der Waals surface area contributed by atoms with Crippen molar-refractivity contribution in [2.75, 3.05) is 6.61 Å². The van der Waals surface area contributed by atoms with Crippen LogP contribution >= 0.6 is 15.9 Å². The molecule has 0 amide bonds. The molecule has 1 heterocycles. The van der Waals surface area contributed by atoms with Gasteiger partial charge in [0.05, 0.1) is 5.52 Å². The van der Waals surface area contributed by atoms with E-state index in [1.165, 1.54) is 0 Å². The SMILES string of the molecule is O=c1c(-c2ccccc2)c(CCCO)[nH]c2c(Br)cccc12. The number of aromatic amines is 1. The number of fused-ring (bicyclic) bond motifs is 1. The minimum Gasteiger partial charge on any atom is -0.396 e. The zero-order chi connectivity index (χ0) is 15.5. The van der Waals surface area contributed by atoms with Crippen LogP contribution in [0.3, 0.4) is 0 Å². The van der Waals surface area contributed by atoms with Gasteiger partial charge in [-0.15, -0.1) is 0 Å². The Kier molecular flexibility index (Phi) is 4.41. The molecule has 3 aromatic rings. The average Bonchev–Trinajstić information content (AvgIpc) is 2.55. The molecule has 2 N–H and O–H groups in total. The van der Waals surface area contributed by atoms with Gasteiger partial charge in [0.15, 0.2) is 5.43 Å². The predicted octanol–water partition coefficient (Wildman–Crippen LogP) is 3.88. The number of rotatable bonds is 4. The molecule has 0 bridgehead atoms. The average molecular weight is 358 g/mol. The third-order valence-electron chi connectivity index (χ3n) is 3.71. The van der Waals surface area contributed by atoms with Crippen molar-refractivity contribution >= 4 is 26.8 Å². The van der Waals surface area contributed by atoms with E-state index in [1.54, 1.807) is 0 Å². The van der Waals surface area contributed by atoms with Crippen molar-refractivity contribution in [1.82, 2.24) is 4.98 Å². The molecule has 3 rings (SSSR count). The minimum absolute atomic E-state index is 0.0224. The number of hydrogen-bond donors (Lipinski definition) is 2. The lowest BCUT2D eigenvalue weighted by Crippen LogP contribution is -2.12. The topological polar surface area (TPSA) is 53.1 Å². The van der Waals surface area contributed by atoms with E-state index in [0.717, 1.165) is 21.2 Å². The first-order valence-corrected chi connectivity index (χ1v) is 8.01. The molecule has 0 aliphatic rings. The first kappa shape index (κ1) is 15.0. The van der Waals surface area contributed by atoms with Gasteiger partial charge >= 0.3 is 0 Å². The Morgan fingerprint density at radius 2 is 1.82 bits per heavy atom. The quantitative estimate of drug-likeness (QED) is 0.744. The Labute approximate surface area is 136 Å². The molecule has 112 valence electrons. The Morgan fingerprint density at radius 3 is 2.55 bits per heavy atom.